The summed E-state index contributed by atoms with van der Waals surface area (Å²) in [5, 5.41) is 10.5. The number of rotatable bonds is 5. The lowest BCUT2D eigenvalue weighted by molar-refractivity contribution is -0.129. The smallest absolute Gasteiger partial charge is 0.227 e. The number of β-amino-alcohol motifs (C(OH)–C–C–N with tert-alkyl or cyclic N) is 1. The van der Waals surface area contributed by atoms with Gasteiger partial charge in [-0.15, -0.1) is 0 Å². The summed E-state index contributed by atoms with van der Waals surface area (Å²) in [5.74, 6) is 1.38. The summed E-state index contributed by atoms with van der Waals surface area (Å²) in [5.41, 5.74) is 0.800. The highest BCUT2D eigenvalue weighted by Crippen LogP contribution is 2.26. The highest BCUT2D eigenvalue weighted by Gasteiger charge is 2.38. The molecule has 2 unspecified atom stereocenters. The molecular weight excluding hydrogens is 334 g/mol. The Kier molecular flexibility index (Phi) is 6.01. The number of ether oxygens (including phenoxy) is 2. The minimum Gasteiger partial charge on any atom is -0.497 e. The minimum atomic E-state index is -0.491. The van der Waals surface area contributed by atoms with Gasteiger partial charge in [0.25, 0.3) is 0 Å². The largest absolute Gasteiger partial charge is 0.497 e. The fraction of sp³-hybridized carbons (Fsp3) is 0.632. The summed E-state index contributed by atoms with van der Waals surface area (Å²) >= 11 is 0. The van der Waals surface area contributed by atoms with Crippen LogP contribution in [0.5, 0.6) is 11.5 Å². The summed E-state index contributed by atoms with van der Waals surface area (Å²) < 4.78 is 10.6. The fourth-order valence-electron chi connectivity index (χ4n) is 3.78. The normalized spacial score (nSPS) is 24.7. The van der Waals surface area contributed by atoms with E-state index in [-0.39, 0.29) is 18.4 Å². The Morgan fingerprint density at radius 3 is 2.54 bits per heavy atom. The van der Waals surface area contributed by atoms with Crippen LogP contribution in [0.1, 0.15) is 5.56 Å². The zero-order valence-corrected chi connectivity index (χ0v) is 15.9. The quantitative estimate of drug-likeness (QED) is 0.799. The van der Waals surface area contributed by atoms with Crippen LogP contribution in [-0.2, 0) is 11.2 Å². The van der Waals surface area contributed by atoms with Crippen molar-refractivity contribution in [3.63, 3.8) is 0 Å². The van der Waals surface area contributed by atoms with Crippen molar-refractivity contribution in [1.82, 2.24) is 14.7 Å². The average Bonchev–Trinajstić information content (AvgIpc) is 3.04. The monoisotopic (exact) mass is 363 g/mol. The molecule has 2 heterocycles. The molecule has 1 amide bonds. The number of aliphatic hydroxyl groups excluding tert-OH is 1. The molecule has 3 rings (SSSR count). The number of aliphatic hydroxyl groups is 1. The van der Waals surface area contributed by atoms with Crippen LogP contribution in [0.2, 0.25) is 0 Å². The van der Waals surface area contributed by atoms with Gasteiger partial charge in [0, 0.05) is 44.8 Å². The maximum atomic E-state index is 12.8. The molecule has 0 aliphatic carbocycles. The molecule has 1 N–H and O–H groups in total. The van der Waals surface area contributed by atoms with E-state index in [2.05, 4.69) is 16.8 Å². The molecule has 2 saturated heterocycles. The third kappa shape index (κ3) is 4.11. The first-order valence-corrected chi connectivity index (χ1v) is 9.11. The Hall–Kier alpha value is -1.83. The number of likely N-dealkylation sites (N-methyl/N-ethyl adjacent to an activating group) is 1. The number of amides is 1. The lowest BCUT2D eigenvalue weighted by Crippen LogP contribution is -2.52. The van der Waals surface area contributed by atoms with E-state index in [0.717, 1.165) is 31.7 Å². The number of carbonyl (C=O) groups is 1. The van der Waals surface area contributed by atoms with Gasteiger partial charge in [0.2, 0.25) is 5.91 Å². The van der Waals surface area contributed by atoms with E-state index in [4.69, 9.17) is 9.47 Å². The first-order chi connectivity index (χ1) is 12.5. The van der Waals surface area contributed by atoms with E-state index in [1.165, 1.54) is 0 Å². The SMILES string of the molecule is COc1ccc(OC)c(CC(=O)N2CC(O)C(N3CCN(C)CC3)C2)c1. The van der Waals surface area contributed by atoms with Gasteiger partial charge in [-0.2, -0.15) is 0 Å². The Balaban J connectivity index is 1.64. The molecule has 0 bridgehead atoms. The van der Waals surface area contributed by atoms with E-state index in [1.807, 2.05) is 18.2 Å². The van der Waals surface area contributed by atoms with Gasteiger partial charge in [-0.25, -0.2) is 0 Å². The Morgan fingerprint density at radius 1 is 1.15 bits per heavy atom. The van der Waals surface area contributed by atoms with Crippen LogP contribution in [0.25, 0.3) is 0 Å². The Morgan fingerprint density at radius 2 is 1.88 bits per heavy atom. The lowest BCUT2D eigenvalue weighted by Gasteiger charge is -2.37. The minimum absolute atomic E-state index is 0.00669. The molecule has 0 aromatic heterocycles. The van der Waals surface area contributed by atoms with E-state index >= 15 is 0 Å². The van der Waals surface area contributed by atoms with Crippen molar-refractivity contribution in [3.8, 4) is 11.5 Å². The maximum absolute atomic E-state index is 12.8. The van der Waals surface area contributed by atoms with Crippen molar-refractivity contribution in [2.24, 2.45) is 0 Å². The molecular formula is C19H29N3O4. The predicted octanol–water partition coefficient (Wildman–Crippen LogP) is 0.0654. The van der Waals surface area contributed by atoms with E-state index in [9.17, 15) is 9.90 Å². The third-order valence-electron chi connectivity index (χ3n) is 5.45. The molecule has 7 nitrogen and oxygen atoms in total. The van der Waals surface area contributed by atoms with Crippen molar-refractivity contribution >= 4 is 5.91 Å². The molecule has 0 radical (unpaired) electrons. The van der Waals surface area contributed by atoms with E-state index in [0.29, 0.717) is 24.6 Å². The Labute approximate surface area is 155 Å². The van der Waals surface area contributed by atoms with Crippen molar-refractivity contribution < 1.29 is 19.4 Å². The van der Waals surface area contributed by atoms with Crippen molar-refractivity contribution in [2.75, 3.05) is 60.5 Å². The summed E-state index contributed by atoms with van der Waals surface area (Å²) in [6, 6.07) is 5.49. The number of hydrogen-bond donors (Lipinski definition) is 1. The maximum Gasteiger partial charge on any atom is 0.227 e. The third-order valence-corrected chi connectivity index (χ3v) is 5.45. The van der Waals surface area contributed by atoms with Crippen LogP contribution >= 0.6 is 0 Å². The molecule has 1 aromatic carbocycles. The second kappa shape index (κ2) is 8.24. The molecule has 2 fully saturated rings. The average molecular weight is 363 g/mol. The number of benzene rings is 1. The first kappa shape index (κ1) is 18.9. The summed E-state index contributed by atoms with van der Waals surface area (Å²) in [4.78, 5) is 19.2. The van der Waals surface area contributed by atoms with Crippen LogP contribution in [0, 0.1) is 0 Å². The van der Waals surface area contributed by atoms with Crippen molar-refractivity contribution in [3.05, 3.63) is 23.8 Å². The van der Waals surface area contributed by atoms with E-state index in [1.54, 1.807) is 19.1 Å². The molecule has 0 saturated carbocycles. The molecule has 1 aromatic rings. The molecule has 26 heavy (non-hydrogen) atoms. The first-order valence-electron chi connectivity index (χ1n) is 9.11. The highest BCUT2D eigenvalue weighted by molar-refractivity contribution is 5.80. The molecule has 144 valence electrons. The lowest BCUT2D eigenvalue weighted by atomic mass is 10.1. The second-order valence-corrected chi connectivity index (χ2v) is 7.13. The van der Waals surface area contributed by atoms with Gasteiger partial charge in [0.15, 0.2) is 0 Å². The molecule has 2 aliphatic rings. The number of piperazine rings is 1. The van der Waals surface area contributed by atoms with Gasteiger partial charge in [-0.3, -0.25) is 9.69 Å². The van der Waals surface area contributed by atoms with Gasteiger partial charge in [0.05, 0.1) is 32.8 Å². The molecule has 2 aliphatic heterocycles. The summed E-state index contributed by atoms with van der Waals surface area (Å²) in [6.07, 6.45) is -0.253. The van der Waals surface area contributed by atoms with Gasteiger partial charge in [0.1, 0.15) is 11.5 Å². The Bertz CT molecular complexity index is 631. The summed E-state index contributed by atoms with van der Waals surface area (Å²) in [6.45, 7) is 4.84. The zero-order chi connectivity index (χ0) is 18.7. The topological polar surface area (TPSA) is 65.5 Å². The summed E-state index contributed by atoms with van der Waals surface area (Å²) in [7, 11) is 5.31. The van der Waals surface area contributed by atoms with Gasteiger partial charge in [-0.05, 0) is 25.2 Å². The molecule has 2 atom stereocenters. The van der Waals surface area contributed by atoms with Crippen LogP contribution in [0.4, 0.5) is 0 Å². The standard InChI is InChI=1S/C19H29N3O4/c1-20-6-8-21(9-7-20)16-12-22(13-17(16)23)19(24)11-14-10-15(25-2)4-5-18(14)26-3/h4-5,10,16-17,23H,6-9,11-13H2,1-3H3. The van der Waals surface area contributed by atoms with Crippen molar-refractivity contribution in [2.45, 2.75) is 18.6 Å². The second-order valence-electron chi connectivity index (χ2n) is 7.13. The fourth-order valence-corrected chi connectivity index (χ4v) is 3.78. The van der Waals surface area contributed by atoms with Crippen LogP contribution in [-0.4, -0.2) is 98.4 Å². The number of hydrogen-bond acceptors (Lipinski definition) is 6. The predicted molar refractivity (Wildman–Crippen MR) is 98.7 cm³/mol. The highest BCUT2D eigenvalue weighted by atomic mass is 16.5. The van der Waals surface area contributed by atoms with Crippen LogP contribution in [0.3, 0.4) is 0 Å². The van der Waals surface area contributed by atoms with E-state index < -0.39 is 6.10 Å². The molecule has 7 heteroatoms. The van der Waals surface area contributed by atoms with Crippen molar-refractivity contribution in [1.29, 1.82) is 0 Å². The van der Waals surface area contributed by atoms with Gasteiger partial charge < -0.3 is 24.4 Å². The number of likely N-dealkylation sites (tertiary alicyclic amines) is 1. The zero-order valence-electron chi connectivity index (χ0n) is 15.9. The van der Waals surface area contributed by atoms with Gasteiger partial charge >= 0.3 is 0 Å². The van der Waals surface area contributed by atoms with Crippen LogP contribution < -0.4 is 9.47 Å². The van der Waals surface area contributed by atoms with Crippen LogP contribution in [0.15, 0.2) is 18.2 Å². The molecule has 0 spiro atoms. The number of carbonyl (C=O) groups excluding carboxylic acids is 1. The van der Waals surface area contributed by atoms with Gasteiger partial charge in [-0.1, -0.05) is 0 Å². The number of methoxy groups -OCH3 is 2. The number of nitrogens with zero attached hydrogens (tertiary/aromatic N) is 3.